The van der Waals surface area contributed by atoms with Gasteiger partial charge in [0.1, 0.15) is 24.2 Å². The van der Waals surface area contributed by atoms with Crippen LogP contribution in [0.3, 0.4) is 0 Å². The van der Waals surface area contributed by atoms with Crippen molar-refractivity contribution < 1.29 is 28.8 Å². The fraction of sp³-hybridized carbons (Fsp3) is 0.857. The van der Waals surface area contributed by atoms with Gasteiger partial charge in [0.2, 0.25) is 35.4 Å². The molecular weight excluding hydrogens is 1140 g/mol. The summed E-state index contributed by atoms with van der Waals surface area (Å²) in [7, 11) is 0. The summed E-state index contributed by atoms with van der Waals surface area (Å²) in [4.78, 5) is 80.3. The number of carbonyl (C=O) groups excluding carboxylic acids is 6. The highest BCUT2D eigenvalue weighted by molar-refractivity contribution is 5.93. The second kappa shape index (κ2) is 68.7. The minimum Gasteiger partial charge on any atom is -0.354 e. The molecule has 522 valence electrons. The second-order valence-corrected chi connectivity index (χ2v) is 24.7. The number of carbonyl (C=O) groups is 6. The van der Waals surface area contributed by atoms with Gasteiger partial charge in [0.25, 0.3) is 0 Å². The van der Waals surface area contributed by atoms with Crippen molar-refractivity contribution in [2.75, 3.05) is 65.4 Å². The van der Waals surface area contributed by atoms with E-state index in [1.165, 1.54) is 103 Å². The summed E-state index contributed by atoms with van der Waals surface area (Å²) in [6.07, 6.45) is 51.9. The van der Waals surface area contributed by atoms with Crippen molar-refractivity contribution in [3.8, 4) is 0 Å². The van der Waals surface area contributed by atoms with Crippen LogP contribution in [0.1, 0.15) is 296 Å². The fourth-order valence-corrected chi connectivity index (χ4v) is 10.7. The van der Waals surface area contributed by atoms with Crippen molar-refractivity contribution in [3.05, 3.63) is 24.3 Å². The lowest BCUT2D eigenvalue weighted by molar-refractivity contribution is -0.132. The molecule has 0 radical (unpaired) electrons. The van der Waals surface area contributed by atoms with Crippen LogP contribution in [0.15, 0.2) is 24.3 Å². The van der Waals surface area contributed by atoms with Crippen molar-refractivity contribution in [2.45, 2.75) is 321 Å². The number of halogens is 1. The SMILES string of the molecule is CCCCCCCC/C=C\CCCCCCCC(=O)NC(CCCCN)C(=O)NC(CCCCN)C(=O)NCCCNCCCCNCCCNC(=O)C(CCCCN)NC(=O)C(CCCCN)NC(=O)CCCCCCC/C=C\CCCCCCCC.Cl. The van der Waals surface area contributed by atoms with E-state index in [1.54, 1.807) is 0 Å². The molecule has 89 heavy (non-hydrogen) atoms. The number of nitrogens with two attached hydrogens (primary N) is 4. The van der Waals surface area contributed by atoms with Crippen LogP contribution < -0.4 is 65.5 Å². The van der Waals surface area contributed by atoms with E-state index in [-0.39, 0.29) is 47.9 Å². The second-order valence-electron chi connectivity index (χ2n) is 24.7. The number of rotatable bonds is 67. The predicted molar refractivity (Wildman–Crippen MR) is 376 cm³/mol. The van der Waals surface area contributed by atoms with Gasteiger partial charge in [0.05, 0.1) is 0 Å². The van der Waals surface area contributed by atoms with Crippen molar-refractivity contribution >= 4 is 47.9 Å². The zero-order valence-electron chi connectivity index (χ0n) is 57.0. The highest BCUT2D eigenvalue weighted by Gasteiger charge is 2.28. The molecule has 0 rings (SSSR count). The average molecular weight is 1280 g/mol. The molecule has 0 aliphatic carbocycles. The maximum Gasteiger partial charge on any atom is 0.243 e. The summed E-state index contributed by atoms with van der Waals surface area (Å²) in [5.41, 5.74) is 23.1. The van der Waals surface area contributed by atoms with Gasteiger partial charge in [-0.1, -0.05) is 141 Å². The Kier molecular flexibility index (Phi) is 67.5. The van der Waals surface area contributed by atoms with E-state index in [0.29, 0.717) is 103 Å². The van der Waals surface area contributed by atoms with Gasteiger partial charge in [-0.05, 0) is 219 Å². The Morgan fingerprint density at radius 3 is 0.865 bits per heavy atom. The van der Waals surface area contributed by atoms with Gasteiger partial charge >= 0.3 is 0 Å². The standard InChI is InChI=1S/C70H138N12O6.ClH/c1-3-5-7-9-11-13-15-17-19-21-23-25-27-29-31-49-65(83)79-63(47-35-39-53-73)69(87)81-61(45-33-37-51-71)67(85)77-59-43-57-75-55-41-42-56-76-58-44-60-78-68(86)62(46-34-38-52-72)82-70(88)64(48-36-40-54-74)80-66(84)50-32-30-28-26-24-22-20-18-16-14-12-10-8-6-4-2;/h17-20,61-64,75-76H,3-16,21-60,71-74H2,1-2H3,(H,77,85)(H,78,86)(H,79,83)(H,80,84)(H,81,87)(H,82,88);1H/b19-17-,20-18-;. The molecule has 0 heterocycles. The molecule has 0 saturated carbocycles. The minimum atomic E-state index is -0.729. The van der Waals surface area contributed by atoms with Crippen LogP contribution in [0.2, 0.25) is 0 Å². The molecule has 0 spiro atoms. The monoisotopic (exact) mass is 1280 g/mol. The molecule has 4 unspecified atom stereocenters. The number of hydrogen-bond acceptors (Lipinski definition) is 12. The third-order valence-electron chi connectivity index (χ3n) is 16.3. The number of allylic oxidation sites excluding steroid dienone is 4. The molecule has 0 aromatic carbocycles. The lowest BCUT2D eigenvalue weighted by atomic mass is 10.0. The number of nitrogens with one attached hydrogen (secondary N) is 8. The van der Waals surface area contributed by atoms with Gasteiger partial charge in [0, 0.05) is 25.9 Å². The van der Waals surface area contributed by atoms with Crippen molar-refractivity contribution in [2.24, 2.45) is 22.9 Å². The van der Waals surface area contributed by atoms with Gasteiger partial charge in [-0.25, -0.2) is 0 Å². The quantitative estimate of drug-likeness (QED) is 0.0200. The molecule has 6 amide bonds. The van der Waals surface area contributed by atoms with Gasteiger partial charge in [0.15, 0.2) is 0 Å². The summed E-state index contributed by atoms with van der Waals surface area (Å²) in [5.74, 6) is -1.41. The Hall–Kier alpha value is -3.65. The smallest absolute Gasteiger partial charge is 0.243 e. The van der Waals surface area contributed by atoms with E-state index >= 15 is 0 Å². The number of hydrogen-bond donors (Lipinski definition) is 12. The summed E-state index contributed by atoms with van der Waals surface area (Å²) >= 11 is 0. The Morgan fingerprint density at radius 2 is 0.562 bits per heavy atom. The highest BCUT2D eigenvalue weighted by atomic mass is 35.5. The molecule has 0 aromatic heterocycles. The topological polar surface area (TPSA) is 303 Å². The zero-order valence-corrected chi connectivity index (χ0v) is 57.8. The summed E-state index contributed by atoms with van der Waals surface area (Å²) in [6, 6.07) is -2.90. The largest absolute Gasteiger partial charge is 0.354 e. The van der Waals surface area contributed by atoms with E-state index in [9.17, 15) is 28.8 Å². The summed E-state index contributed by atoms with van der Waals surface area (Å²) in [6.45, 7) is 10.6. The minimum absolute atomic E-state index is 0. The Morgan fingerprint density at radius 1 is 0.292 bits per heavy atom. The Bertz CT molecular complexity index is 1590. The van der Waals surface area contributed by atoms with Crippen LogP contribution in [0.4, 0.5) is 0 Å². The van der Waals surface area contributed by atoms with Crippen LogP contribution >= 0.6 is 12.4 Å². The number of amides is 6. The van der Waals surface area contributed by atoms with Gasteiger partial charge in [-0.2, -0.15) is 0 Å². The number of unbranched alkanes of at least 4 members (excludes halogenated alkanes) is 27. The lowest BCUT2D eigenvalue weighted by Gasteiger charge is -2.23. The third kappa shape index (κ3) is 58.0. The normalized spacial score (nSPS) is 12.8. The maximum absolute atomic E-state index is 13.7. The summed E-state index contributed by atoms with van der Waals surface area (Å²) < 4.78 is 0. The van der Waals surface area contributed by atoms with Crippen molar-refractivity contribution in [3.63, 3.8) is 0 Å². The van der Waals surface area contributed by atoms with Gasteiger partial charge in [-0.3, -0.25) is 28.8 Å². The first-order chi connectivity index (χ1) is 43.1. The van der Waals surface area contributed by atoms with Crippen LogP contribution in [0, 0.1) is 0 Å². The zero-order chi connectivity index (χ0) is 64.4. The molecule has 19 heteroatoms. The Labute approximate surface area is 549 Å². The van der Waals surface area contributed by atoms with E-state index in [2.05, 4.69) is 80.7 Å². The van der Waals surface area contributed by atoms with E-state index < -0.39 is 24.2 Å². The first-order valence-corrected chi connectivity index (χ1v) is 36.3. The van der Waals surface area contributed by atoms with Crippen LogP contribution in [-0.4, -0.2) is 125 Å². The molecule has 0 bridgehead atoms. The maximum atomic E-state index is 13.7. The predicted octanol–water partition coefficient (Wildman–Crippen LogP) is 10.9. The van der Waals surface area contributed by atoms with Crippen LogP contribution in [-0.2, 0) is 28.8 Å². The third-order valence-corrected chi connectivity index (χ3v) is 16.3. The molecule has 0 aliphatic rings. The molecule has 0 aliphatic heterocycles. The Balaban J connectivity index is 0. The summed E-state index contributed by atoms with van der Waals surface area (Å²) in [5, 5.41) is 24.8. The first kappa shape index (κ1) is 87.4. The molecule has 0 fully saturated rings. The van der Waals surface area contributed by atoms with E-state index in [4.69, 9.17) is 22.9 Å². The average Bonchev–Trinajstić information content (AvgIpc) is 3.68. The van der Waals surface area contributed by atoms with E-state index in [1.807, 2.05) is 0 Å². The van der Waals surface area contributed by atoms with Gasteiger partial charge in [-0.15, -0.1) is 12.4 Å². The molecule has 0 saturated heterocycles. The first-order valence-electron chi connectivity index (χ1n) is 36.3. The molecule has 16 N–H and O–H groups in total. The van der Waals surface area contributed by atoms with Crippen molar-refractivity contribution in [1.82, 2.24) is 42.5 Å². The fourth-order valence-electron chi connectivity index (χ4n) is 10.7. The molecular formula is C70H139ClN12O6. The van der Waals surface area contributed by atoms with Gasteiger partial charge < -0.3 is 65.5 Å². The lowest BCUT2D eigenvalue weighted by Crippen LogP contribution is -2.54. The molecule has 4 atom stereocenters. The van der Waals surface area contributed by atoms with Crippen LogP contribution in [0.25, 0.3) is 0 Å². The van der Waals surface area contributed by atoms with E-state index in [0.717, 1.165) is 142 Å². The van der Waals surface area contributed by atoms with Crippen molar-refractivity contribution in [1.29, 1.82) is 0 Å². The van der Waals surface area contributed by atoms with Crippen LogP contribution in [0.5, 0.6) is 0 Å². The molecule has 18 nitrogen and oxygen atoms in total. The molecule has 0 aromatic rings. The highest BCUT2D eigenvalue weighted by Crippen LogP contribution is 2.14.